The Hall–Kier alpha value is -3.11. The first-order valence-electron chi connectivity index (χ1n) is 10.5. The summed E-state index contributed by atoms with van der Waals surface area (Å²) in [7, 11) is 0. The third kappa shape index (κ3) is 6.96. The number of likely N-dealkylation sites (tertiary alicyclic amines) is 1. The molecule has 1 aliphatic heterocycles. The fourth-order valence-electron chi connectivity index (χ4n) is 3.17. The van der Waals surface area contributed by atoms with Gasteiger partial charge in [0.1, 0.15) is 12.2 Å². The van der Waals surface area contributed by atoms with E-state index in [9.17, 15) is 14.7 Å². The molecule has 0 aromatic heterocycles. The fraction of sp³-hybridized carbons (Fsp3) is 0.500. The number of benzene rings is 1. The number of aliphatic hydroxyl groups is 1. The molecule has 1 heterocycles. The predicted molar refractivity (Wildman–Crippen MR) is 116 cm³/mol. The molecule has 1 amide bonds. The smallest absolute Gasteiger partial charge is 0.410 e. The minimum atomic E-state index is -1.05. The Kier molecular flexibility index (Phi) is 9.96. The van der Waals surface area contributed by atoms with Crippen molar-refractivity contribution in [3.63, 3.8) is 0 Å². The van der Waals surface area contributed by atoms with Gasteiger partial charge < -0.3 is 34.8 Å². The van der Waals surface area contributed by atoms with Crippen LogP contribution < -0.4 is 5.73 Å². The maximum Gasteiger partial charge on any atom is 0.410 e. The highest BCUT2D eigenvalue weighted by molar-refractivity contribution is 5.90. The summed E-state index contributed by atoms with van der Waals surface area (Å²) in [5.41, 5.74) is 6.01. The van der Waals surface area contributed by atoms with Gasteiger partial charge in [0.05, 0.1) is 19.8 Å². The van der Waals surface area contributed by atoms with Crippen LogP contribution in [0.15, 0.2) is 47.3 Å². The second-order valence-electron chi connectivity index (χ2n) is 7.03. The minimum absolute atomic E-state index is 0.00639. The van der Waals surface area contributed by atoms with Crippen molar-refractivity contribution in [1.29, 1.82) is 0 Å². The molecule has 0 radical (unpaired) electrons. The van der Waals surface area contributed by atoms with Gasteiger partial charge in [0.25, 0.3) is 0 Å². The number of nitrogens with two attached hydrogens (primary N) is 1. The molecule has 0 spiro atoms. The van der Waals surface area contributed by atoms with Crippen LogP contribution >= 0.6 is 0 Å². The highest BCUT2D eigenvalue weighted by Crippen LogP contribution is 2.28. The first kappa shape index (κ1) is 25.2. The van der Waals surface area contributed by atoms with Crippen LogP contribution in [0.4, 0.5) is 4.79 Å². The Morgan fingerprint density at radius 3 is 2.50 bits per heavy atom. The van der Waals surface area contributed by atoms with Crippen LogP contribution in [0.2, 0.25) is 0 Å². The lowest BCUT2D eigenvalue weighted by Gasteiger charge is -2.40. The summed E-state index contributed by atoms with van der Waals surface area (Å²) in [5.74, 6) is -0.756. The van der Waals surface area contributed by atoms with Gasteiger partial charge in [-0.3, -0.25) is 0 Å². The van der Waals surface area contributed by atoms with Gasteiger partial charge in [-0.05, 0) is 25.5 Å². The van der Waals surface area contributed by atoms with Crippen molar-refractivity contribution in [3.05, 3.63) is 47.7 Å². The van der Waals surface area contributed by atoms with Crippen molar-refractivity contribution < 1.29 is 33.7 Å². The molecular weight excluding hydrogens is 418 g/mol. The van der Waals surface area contributed by atoms with Crippen molar-refractivity contribution in [3.8, 4) is 0 Å². The minimum Gasteiger partial charge on any atom is -0.460 e. The third-order valence-corrected chi connectivity index (χ3v) is 4.95. The number of piperidine rings is 1. The fourth-order valence-corrected chi connectivity index (χ4v) is 3.17. The number of hydrogen-bond donors (Lipinski definition) is 2. The average molecular weight is 450 g/mol. The van der Waals surface area contributed by atoms with Crippen molar-refractivity contribution in [1.82, 2.24) is 4.90 Å². The van der Waals surface area contributed by atoms with Gasteiger partial charge in [-0.1, -0.05) is 35.5 Å². The first-order chi connectivity index (χ1) is 15.5. The van der Waals surface area contributed by atoms with Gasteiger partial charge >= 0.3 is 12.1 Å². The van der Waals surface area contributed by atoms with E-state index in [1.54, 1.807) is 18.7 Å². The summed E-state index contributed by atoms with van der Waals surface area (Å²) >= 11 is 0. The molecule has 1 aliphatic rings. The number of amides is 1. The molecule has 1 aromatic carbocycles. The number of esters is 1. The topological polar surface area (TPSA) is 133 Å². The van der Waals surface area contributed by atoms with Crippen molar-refractivity contribution >= 4 is 17.9 Å². The lowest BCUT2D eigenvalue weighted by molar-refractivity contribution is -0.142. The summed E-state index contributed by atoms with van der Waals surface area (Å²) in [6.45, 7) is 4.10. The van der Waals surface area contributed by atoms with Crippen molar-refractivity contribution in [2.75, 3.05) is 32.9 Å². The number of ether oxygens (including phenoxy) is 3. The van der Waals surface area contributed by atoms with E-state index in [0.717, 1.165) is 5.56 Å². The summed E-state index contributed by atoms with van der Waals surface area (Å²) in [6.07, 6.45) is 1.62. The second-order valence-corrected chi connectivity index (χ2v) is 7.03. The van der Waals surface area contributed by atoms with Gasteiger partial charge in [0.2, 0.25) is 5.76 Å². The zero-order valence-electron chi connectivity index (χ0n) is 18.5. The standard InChI is InChI=1S/C22H31N3O7/c1-3-18(19(27)29-4-2)32-24-20(23)22(31-15-14-26)10-12-25(13-11-22)21(28)30-16-17-8-6-5-7-9-17/h3,5-9,26H,4,10-16H2,1-2H3,(H2,23,24)/b18-3-. The van der Waals surface area contributed by atoms with E-state index in [1.807, 2.05) is 30.3 Å². The average Bonchev–Trinajstić information content (AvgIpc) is 2.82. The number of carbonyl (C=O) groups excluding carboxylic acids is 2. The van der Waals surface area contributed by atoms with Crippen LogP contribution in [0.5, 0.6) is 0 Å². The molecule has 176 valence electrons. The van der Waals surface area contributed by atoms with Gasteiger partial charge in [-0.15, -0.1) is 0 Å². The molecule has 0 bridgehead atoms. The number of aliphatic hydroxyl groups excluding tert-OH is 1. The van der Waals surface area contributed by atoms with Crippen LogP contribution in [0.25, 0.3) is 0 Å². The molecule has 32 heavy (non-hydrogen) atoms. The summed E-state index contributed by atoms with van der Waals surface area (Å²) in [4.78, 5) is 31.0. The molecule has 10 nitrogen and oxygen atoms in total. The quantitative estimate of drug-likeness (QED) is 0.138. The van der Waals surface area contributed by atoms with Crippen LogP contribution in [-0.4, -0.2) is 66.4 Å². The van der Waals surface area contributed by atoms with Crippen LogP contribution in [0.3, 0.4) is 0 Å². The van der Waals surface area contributed by atoms with Crippen molar-refractivity contribution in [2.45, 2.75) is 38.9 Å². The molecular formula is C22H31N3O7. The van der Waals surface area contributed by atoms with Crippen LogP contribution in [0.1, 0.15) is 32.3 Å². The number of oxime groups is 1. The zero-order valence-corrected chi connectivity index (χ0v) is 18.5. The Morgan fingerprint density at radius 2 is 1.91 bits per heavy atom. The largest absolute Gasteiger partial charge is 0.460 e. The Balaban J connectivity index is 2.00. The molecule has 1 saturated heterocycles. The molecule has 10 heteroatoms. The lowest BCUT2D eigenvalue weighted by Crippen LogP contribution is -2.55. The Labute approximate surface area is 187 Å². The van der Waals surface area contributed by atoms with Crippen LogP contribution in [0, 0.1) is 0 Å². The number of allylic oxidation sites excluding steroid dienone is 1. The number of nitrogens with zero attached hydrogens (tertiary/aromatic N) is 2. The molecule has 2 rings (SSSR count). The normalized spacial score (nSPS) is 16.4. The molecule has 1 aromatic rings. The predicted octanol–water partition coefficient (Wildman–Crippen LogP) is 1.92. The van der Waals surface area contributed by atoms with Crippen LogP contribution in [-0.2, 0) is 30.4 Å². The molecule has 0 unspecified atom stereocenters. The highest BCUT2D eigenvalue weighted by Gasteiger charge is 2.41. The maximum absolute atomic E-state index is 12.4. The van der Waals surface area contributed by atoms with E-state index in [4.69, 9.17) is 24.8 Å². The Morgan fingerprint density at radius 1 is 1.22 bits per heavy atom. The number of hydrogen-bond acceptors (Lipinski definition) is 8. The van der Waals surface area contributed by atoms with E-state index in [1.165, 1.54) is 6.08 Å². The zero-order chi connectivity index (χ0) is 23.4. The Bertz CT molecular complexity index is 803. The maximum atomic E-state index is 12.4. The van der Waals surface area contributed by atoms with Gasteiger partial charge in [-0.2, -0.15) is 0 Å². The third-order valence-electron chi connectivity index (χ3n) is 4.95. The van der Waals surface area contributed by atoms with Gasteiger partial charge in [0.15, 0.2) is 5.84 Å². The first-order valence-corrected chi connectivity index (χ1v) is 10.5. The molecule has 1 fully saturated rings. The highest BCUT2D eigenvalue weighted by atomic mass is 16.7. The monoisotopic (exact) mass is 449 g/mol. The summed E-state index contributed by atoms with van der Waals surface area (Å²) in [5, 5.41) is 13.1. The second kappa shape index (κ2) is 12.7. The molecule has 3 N–H and O–H groups in total. The van der Waals surface area contributed by atoms with Gasteiger partial charge in [0, 0.05) is 25.9 Å². The van der Waals surface area contributed by atoms with E-state index in [2.05, 4.69) is 5.16 Å². The SMILES string of the molecule is C/C=C(\O/N=C(\N)C1(OCCO)CCN(C(=O)OCc2ccccc2)CC1)C(=O)OCC. The number of carbonyl (C=O) groups is 2. The van der Waals surface area contributed by atoms with E-state index in [0.29, 0.717) is 25.9 Å². The van der Waals surface area contributed by atoms with E-state index >= 15 is 0 Å². The molecule has 0 saturated carbocycles. The van der Waals surface area contributed by atoms with E-state index < -0.39 is 17.7 Å². The number of rotatable bonds is 10. The van der Waals surface area contributed by atoms with Crippen molar-refractivity contribution in [2.24, 2.45) is 10.9 Å². The lowest BCUT2D eigenvalue weighted by atomic mass is 9.90. The number of amidine groups is 1. The molecule has 0 atom stereocenters. The summed E-state index contributed by atoms with van der Waals surface area (Å²) in [6, 6.07) is 9.40. The summed E-state index contributed by atoms with van der Waals surface area (Å²) < 4.78 is 16.1. The molecule has 0 aliphatic carbocycles. The van der Waals surface area contributed by atoms with Gasteiger partial charge in [-0.25, -0.2) is 9.59 Å². The van der Waals surface area contributed by atoms with E-state index in [-0.39, 0.29) is 38.0 Å².